The number of rotatable bonds is 5. The molecule has 0 saturated heterocycles. The molecule has 0 bridgehead atoms. The van der Waals surface area contributed by atoms with Gasteiger partial charge in [-0.2, -0.15) is 11.8 Å². The van der Waals surface area contributed by atoms with Crippen LogP contribution in [0.15, 0.2) is 37.0 Å². The van der Waals surface area contributed by atoms with Crippen LogP contribution in [0.5, 0.6) is 0 Å². The second-order valence-electron chi connectivity index (χ2n) is 2.56. The van der Waals surface area contributed by atoms with E-state index in [-0.39, 0.29) is 0 Å². The van der Waals surface area contributed by atoms with Gasteiger partial charge in [0, 0.05) is 11.2 Å². The Hall–Kier alpha value is -0.430. The van der Waals surface area contributed by atoms with Crippen molar-refractivity contribution in [1.82, 2.24) is 0 Å². The second kappa shape index (κ2) is 12.6. The molecule has 0 aliphatic rings. The van der Waals surface area contributed by atoms with E-state index in [9.17, 15) is 0 Å². The molecule has 0 aromatic rings. The third kappa shape index (κ3) is 7.02. The normalized spacial score (nSPS) is 13.0. The first-order valence-electron chi connectivity index (χ1n) is 5.21. The smallest absolute Gasteiger partial charge is 0.0319 e. The van der Waals surface area contributed by atoms with Crippen LogP contribution in [0.4, 0.5) is 0 Å². The average Bonchev–Trinajstić information content (AvgIpc) is 2.23. The predicted molar refractivity (Wildman–Crippen MR) is 72.0 cm³/mol. The minimum atomic E-state index is 0.493. The predicted octanol–water partition coefficient (Wildman–Crippen LogP) is 4.70. The first-order valence-corrected chi connectivity index (χ1v) is 6.49. The summed E-state index contributed by atoms with van der Waals surface area (Å²) in [4.78, 5) is 0. The lowest BCUT2D eigenvalue weighted by Gasteiger charge is -2.15. The van der Waals surface area contributed by atoms with E-state index in [4.69, 9.17) is 0 Å². The van der Waals surface area contributed by atoms with Gasteiger partial charge in [-0.25, -0.2) is 0 Å². The van der Waals surface area contributed by atoms with Crippen LogP contribution in [0, 0.1) is 5.92 Å². The molecule has 0 rings (SSSR count). The van der Waals surface area contributed by atoms with Gasteiger partial charge >= 0.3 is 0 Å². The van der Waals surface area contributed by atoms with Crippen molar-refractivity contribution in [1.29, 1.82) is 0 Å². The number of hydrogen-bond donors (Lipinski definition) is 0. The molecule has 0 fully saturated rings. The van der Waals surface area contributed by atoms with Crippen molar-refractivity contribution in [2.24, 2.45) is 5.92 Å². The Labute approximate surface area is 94.2 Å². The molecule has 1 atom stereocenters. The molecule has 0 amide bonds. The Morgan fingerprint density at radius 1 is 1.07 bits per heavy atom. The Balaban J connectivity index is 0. The van der Waals surface area contributed by atoms with Gasteiger partial charge in [0.15, 0.2) is 0 Å². The lowest BCUT2D eigenvalue weighted by molar-refractivity contribution is 0.849. The van der Waals surface area contributed by atoms with Crippen LogP contribution in [0.3, 0.4) is 0 Å². The van der Waals surface area contributed by atoms with Gasteiger partial charge in [0.25, 0.3) is 0 Å². The Kier molecular flexibility index (Phi) is 14.4. The second-order valence-corrected chi connectivity index (χ2v) is 3.58. The van der Waals surface area contributed by atoms with E-state index in [1.807, 2.05) is 31.7 Å². The Bertz CT molecular complexity index is 156. The highest BCUT2D eigenvalue weighted by molar-refractivity contribution is 7.99. The topological polar surface area (TPSA) is 0 Å². The summed E-state index contributed by atoms with van der Waals surface area (Å²) in [7, 11) is 0. The van der Waals surface area contributed by atoms with Crippen molar-refractivity contribution in [3.8, 4) is 0 Å². The van der Waals surface area contributed by atoms with Crippen molar-refractivity contribution in [2.75, 3.05) is 6.26 Å². The number of hydrogen-bond acceptors (Lipinski definition) is 1. The summed E-state index contributed by atoms with van der Waals surface area (Å²) in [5.74, 6) is 0.493. The third-order valence-electron chi connectivity index (χ3n) is 1.71. The van der Waals surface area contributed by atoms with Gasteiger partial charge in [0.1, 0.15) is 0 Å². The SMILES string of the molecule is C=CC(SC)C(/C=C\C)/C=C\C.CC. The molecule has 0 heterocycles. The maximum Gasteiger partial charge on any atom is 0.0319 e. The largest absolute Gasteiger partial charge is 0.157 e. The summed E-state index contributed by atoms with van der Waals surface area (Å²) in [5.41, 5.74) is 0. The van der Waals surface area contributed by atoms with Crippen LogP contribution >= 0.6 is 11.8 Å². The fourth-order valence-electron chi connectivity index (χ4n) is 1.14. The Morgan fingerprint density at radius 2 is 1.50 bits per heavy atom. The summed E-state index contributed by atoms with van der Waals surface area (Å²) < 4.78 is 0. The zero-order chi connectivity index (χ0) is 11.4. The fourth-order valence-corrected chi connectivity index (χ4v) is 1.83. The molecule has 0 aliphatic heterocycles. The van der Waals surface area contributed by atoms with E-state index in [1.165, 1.54) is 0 Å². The van der Waals surface area contributed by atoms with Crippen LogP contribution in [0.1, 0.15) is 27.7 Å². The number of allylic oxidation sites excluding steroid dienone is 4. The van der Waals surface area contributed by atoms with Gasteiger partial charge in [-0.1, -0.05) is 44.2 Å². The molecule has 0 saturated carbocycles. The molecular weight excluding hydrogens is 188 g/mol. The highest BCUT2D eigenvalue weighted by Gasteiger charge is 2.10. The van der Waals surface area contributed by atoms with E-state index in [2.05, 4.69) is 51.0 Å². The molecule has 0 radical (unpaired) electrons. The van der Waals surface area contributed by atoms with E-state index in [0.29, 0.717) is 11.2 Å². The van der Waals surface area contributed by atoms with Crippen LogP contribution in [0.25, 0.3) is 0 Å². The van der Waals surface area contributed by atoms with Gasteiger partial charge in [0.05, 0.1) is 0 Å². The maximum absolute atomic E-state index is 3.83. The van der Waals surface area contributed by atoms with Gasteiger partial charge in [0.2, 0.25) is 0 Å². The van der Waals surface area contributed by atoms with Crippen molar-refractivity contribution in [2.45, 2.75) is 32.9 Å². The molecule has 0 aromatic heterocycles. The molecule has 0 spiro atoms. The van der Waals surface area contributed by atoms with E-state index in [1.54, 1.807) is 0 Å². The zero-order valence-corrected chi connectivity index (χ0v) is 11.0. The fraction of sp³-hybridized carbons (Fsp3) is 0.538. The summed E-state index contributed by atoms with van der Waals surface area (Å²) in [6.07, 6.45) is 12.7. The lowest BCUT2D eigenvalue weighted by Crippen LogP contribution is -2.09. The minimum Gasteiger partial charge on any atom is -0.157 e. The van der Waals surface area contributed by atoms with Crippen LogP contribution in [-0.2, 0) is 0 Å². The van der Waals surface area contributed by atoms with Gasteiger partial charge in [-0.05, 0) is 20.1 Å². The lowest BCUT2D eigenvalue weighted by atomic mass is 10.0. The molecule has 82 valence electrons. The van der Waals surface area contributed by atoms with Gasteiger partial charge < -0.3 is 0 Å². The molecule has 0 N–H and O–H groups in total. The molecular formula is C13H24S. The highest BCUT2D eigenvalue weighted by Crippen LogP contribution is 2.20. The summed E-state index contributed by atoms with van der Waals surface area (Å²) in [6.45, 7) is 11.9. The maximum atomic E-state index is 3.83. The van der Waals surface area contributed by atoms with E-state index in [0.717, 1.165) is 0 Å². The third-order valence-corrected chi connectivity index (χ3v) is 2.76. The monoisotopic (exact) mass is 212 g/mol. The van der Waals surface area contributed by atoms with Gasteiger partial charge in [-0.15, -0.1) is 6.58 Å². The van der Waals surface area contributed by atoms with Crippen LogP contribution in [0.2, 0.25) is 0 Å². The Morgan fingerprint density at radius 3 is 1.71 bits per heavy atom. The number of thioether (sulfide) groups is 1. The molecule has 0 nitrogen and oxygen atoms in total. The molecule has 1 unspecified atom stereocenters. The van der Waals surface area contributed by atoms with E-state index >= 15 is 0 Å². The molecule has 1 heteroatoms. The standard InChI is InChI=1S/C11H18S.C2H6/c1-5-8-10(9-6-2)11(7-3)12-4;1-2/h5-11H,3H2,1-2,4H3;1-2H3/b8-5-,9-6-;. The average molecular weight is 212 g/mol. The van der Waals surface area contributed by atoms with Crippen molar-refractivity contribution in [3.05, 3.63) is 37.0 Å². The van der Waals surface area contributed by atoms with Crippen molar-refractivity contribution >= 4 is 11.8 Å². The molecule has 0 aliphatic carbocycles. The first-order chi connectivity index (χ1) is 6.79. The molecule has 0 aromatic carbocycles. The highest BCUT2D eigenvalue weighted by atomic mass is 32.2. The summed E-state index contributed by atoms with van der Waals surface area (Å²) in [5, 5.41) is 0.498. The first kappa shape index (κ1) is 16.0. The van der Waals surface area contributed by atoms with Crippen LogP contribution in [-0.4, -0.2) is 11.5 Å². The zero-order valence-electron chi connectivity index (χ0n) is 10.2. The van der Waals surface area contributed by atoms with E-state index < -0.39 is 0 Å². The van der Waals surface area contributed by atoms with Gasteiger partial charge in [-0.3, -0.25) is 0 Å². The summed E-state index contributed by atoms with van der Waals surface area (Å²) >= 11 is 1.84. The molecule has 14 heavy (non-hydrogen) atoms. The van der Waals surface area contributed by atoms with Crippen molar-refractivity contribution in [3.63, 3.8) is 0 Å². The van der Waals surface area contributed by atoms with Crippen molar-refractivity contribution < 1.29 is 0 Å². The summed E-state index contributed by atoms with van der Waals surface area (Å²) in [6, 6.07) is 0. The van der Waals surface area contributed by atoms with Crippen LogP contribution < -0.4 is 0 Å². The minimum absolute atomic E-state index is 0.493. The quantitative estimate of drug-likeness (QED) is 0.595.